The topological polar surface area (TPSA) is 136 Å². The van der Waals surface area contributed by atoms with Crippen molar-refractivity contribution >= 4 is 5.97 Å². The number of rotatable bonds is 9. The molecule has 1 aliphatic rings. The van der Waals surface area contributed by atoms with E-state index in [2.05, 4.69) is 0 Å². The Kier molecular flexibility index (Phi) is 8.84. The fourth-order valence-electron chi connectivity index (χ4n) is 3.20. The number of carbonyl (C=O) groups excluding carboxylic acids is 1. The van der Waals surface area contributed by atoms with Crippen LogP contribution in [0.1, 0.15) is 51.4 Å². The molecule has 0 unspecified atom stereocenters. The first kappa shape index (κ1) is 24.3. The molecule has 6 atom stereocenters. The van der Waals surface area contributed by atoms with Gasteiger partial charge in [-0.3, -0.25) is 4.79 Å². The van der Waals surface area contributed by atoms with E-state index in [1.165, 1.54) is 13.8 Å². The first-order valence-corrected chi connectivity index (χ1v) is 10.2. The van der Waals surface area contributed by atoms with Gasteiger partial charge in [-0.15, -0.1) is 0 Å². The second-order valence-electron chi connectivity index (χ2n) is 7.94. The standard InChI is InChI=1S/C21H32O9/c1-11(10-27-14(4)22)7-5-6-8-15-9-16(12(2)20(26)29-15)30-21-19(25)18(24)17(23)13(3)28-21/h9,11,13,17-19,21,23-25H,5-8,10H2,1-4H3/t11-,13+,17+,18-,19-,21+/m1/s1. The van der Waals surface area contributed by atoms with Gasteiger partial charge in [0.2, 0.25) is 6.29 Å². The van der Waals surface area contributed by atoms with E-state index in [1.807, 2.05) is 6.92 Å². The summed E-state index contributed by atoms with van der Waals surface area (Å²) >= 11 is 0. The fraction of sp³-hybridized carbons (Fsp3) is 0.714. The summed E-state index contributed by atoms with van der Waals surface area (Å²) in [7, 11) is 0. The average molecular weight is 428 g/mol. The minimum atomic E-state index is -1.47. The Morgan fingerprint density at radius 3 is 2.57 bits per heavy atom. The Hall–Kier alpha value is -1.94. The molecule has 0 bridgehead atoms. The molecule has 0 amide bonds. The minimum absolute atomic E-state index is 0.198. The summed E-state index contributed by atoms with van der Waals surface area (Å²) in [5, 5.41) is 29.8. The fourth-order valence-corrected chi connectivity index (χ4v) is 3.20. The largest absolute Gasteiger partial charge is 0.466 e. The molecule has 2 rings (SSSR count). The number of aryl methyl sites for hydroxylation is 1. The Morgan fingerprint density at radius 1 is 1.20 bits per heavy atom. The Labute approximate surface area is 175 Å². The highest BCUT2D eigenvalue weighted by molar-refractivity contribution is 5.65. The van der Waals surface area contributed by atoms with Crippen molar-refractivity contribution in [3.05, 3.63) is 27.8 Å². The molecule has 30 heavy (non-hydrogen) atoms. The van der Waals surface area contributed by atoms with Crippen LogP contribution < -0.4 is 10.4 Å². The highest BCUT2D eigenvalue weighted by atomic mass is 16.7. The van der Waals surface area contributed by atoms with Gasteiger partial charge in [-0.1, -0.05) is 13.3 Å². The third-order valence-corrected chi connectivity index (χ3v) is 5.18. The Balaban J connectivity index is 1.95. The van der Waals surface area contributed by atoms with Gasteiger partial charge in [0.25, 0.3) is 0 Å². The lowest BCUT2D eigenvalue weighted by atomic mass is 10.00. The normalized spacial score (nSPS) is 27.5. The van der Waals surface area contributed by atoms with E-state index in [-0.39, 0.29) is 23.2 Å². The van der Waals surface area contributed by atoms with Crippen LogP contribution in [0, 0.1) is 12.8 Å². The van der Waals surface area contributed by atoms with E-state index >= 15 is 0 Å². The summed E-state index contributed by atoms with van der Waals surface area (Å²) in [5.41, 5.74) is -0.331. The summed E-state index contributed by atoms with van der Waals surface area (Å²) in [6, 6.07) is 1.58. The van der Waals surface area contributed by atoms with Crippen LogP contribution in [0.2, 0.25) is 0 Å². The summed E-state index contributed by atoms with van der Waals surface area (Å²) in [6.07, 6.45) is -3.09. The average Bonchev–Trinajstić information content (AvgIpc) is 2.69. The lowest BCUT2D eigenvalue weighted by molar-refractivity contribution is -0.268. The molecule has 0 aromatic carbocycles. The third kappa shape index (κ3) is 6.53. The lowest BCUT2D eigenvalue weighted by Gasteiger charge is -2.39. The maximum atomic E-state index is 12.2. The van der Waals surface area contributed by atoms with E-state index in [0.717, 1.165) is 19.3 Å². The predicted octanol–water partition coefficient (Wildman–Crippen LogP) is 1.07. The second-order valence-corrected chi connectivity index (χ2v) is 7.94. The van der Waals surface area contributed by atoms with Gasteiger partial charge in [-0.05, 0) is 32.6 Å². The van der Waals surface area contributed by atoms with Crippen molar-refractivity contribution in [3.8, 4) is 5.75 Å². The zero-order chi connectivity index (χ0) is 22.4. The summed E-state index contributed by atoms with van der Waals surface area (Å²) in [6.45, 7) is 6.85. The van der Waals surface area contributed by atoms with Crippen LogP contribution in [0.4, 0.5) is 0 Å². The molecule has 1 aliphatic heterocycles. The van der Waals surface area contributed by atoms with Crippen molar-refractivity contribution < 1.29 is 38.7 Å². The molecule has 1 fully saturated rings. The molecule has 3 N–H and O–H groups in total. The first-order valence-electron chi connectivity index (χ1n) is 10.2. The lowest BCUT2D eigenvalue weighted by Crippen LogP contribution is -2.58. The van der Waals surface area contributed by atoms with Gasteiger partial charge >= 0.3 is 11.6 Å². The van der Waals surface area contributed by atoms with E-state index in [4.69, 9.17) is 18.6 Å². The highest BCUT2D eigenvalue weighted by Gasteiger charge is 2.43. The number of aliphatic hydroxyl groups is 3. The summed E-state index contributed by atoms with van der Waals surface area (Å²) < 4.78 is 21.4. The molecule has 170 valence electrons. The molecule has 0 aliphatic carbocycles. The maximum Gasteiger partial charge on any atom is 0.342 e. The monoisotopic (exact) mass is 428 g/mol. The molecule has 0 spiro atoms. The number of aliphatic hydroxyl groups excluding tert-OH is 3. The van der Waals surface area contributed by atoms with Gasteiger partial charge in [-0.2, -0.15) is 0 Å². The molecule has 9 nitrogen and oxygen atoms in total. The van der Waals surface area contributed by atoms with Crippen molar-refractivity contribution in [2.45, 2.75) is 84.1 Å². The van der Waals surface area contributed by atoms with Gasteiger partial charge < -0.3 is 33.9 Å². The van der Waals surface area contributed by atoms with Crippen molar-refractivity contribution in [2.75, 3.05) is 6.61 Å². The van der Waals surface area contributed by atoms with Crippen molar-refractivity contribution in [2.24, 2.45) is 5.92 Å². The van der Waals surface area contributed by atoms with Crippen LogP contribution in [0.15, 0.2) is 15.3 Å². The second kappa shape index (κ2) is 10.9. The van der Waals surface area contributed by atoms with Crippen molar-refractivity contribution in [1.82, 2.24) is 0 Å². The smallest absolute Gasteiger partial charge is 0.342 e. The predicted molar refractivity (Wildman–Crippen MR) is 106 cm³/mol. The Morgan fingerprint density at radius 2 is 1.90 bits per heavy atom. The van der Waals surface area contributed by atoms with Crippen LogP contribution in [0.5, 0.6) is 5.75 Å². The minimum Gasteiger partial charge on any atom is -0.466 e. The van der Waals surface area contributed by atoms with E-state index in [0.29, 0.717) is 18.8 Å². The quantitative estimate of drug-likeness (QED) is 0.390. The van der Waals surface area contributed by atoms with Gasteiger partial charge in [0.15, 0.2) is 0 Å². The number of hydrogen-bond acceptors (Lipinski definition) is 9. The van der Waals surface area contributed by atoms with E-state index in [9.17, 15) is 24.9 Å². The number of carbonyl (C=O) groups is 1. The van der Waals surface area contributed by atoms with Gasteiger partial charge in [0.1, 0.15) is 29.8 Å². The molecule has 2 heterocycles. The number of ether oxygens (including phenoxy) is 3. The first-order chi connectivity index (χ1) is 14.1. The molecule has 0 radical (unpaired) electrons. The van der Waals surface area contributed by atoms with Crippen molar-refractivity contribution in [1.29, 1.82) is 0 Å². The van der Waals surface area contributed by atoms with Crippen LogP contribution in [-0.4, -0.2) is 58.6 Å². The molecular formula is C21H32O9. The third-order valence-electron chi connectivity index (χ3n) is 5.18. The van der Waals surface area contributed by atoms with Crippen LogP contribution >= 0.6 is 0 Å². The Bertz CT molecular complexity index is 759. The van der Waals surface area contributed by atoms with Gasteiger partial charge in [0, 0.05) is 19.4 Å². The zero-order valence-electron chi connectivity index (χ0n) is 17.9. The van der Waals surface area contributed by atoms with E-state index < -0.39 is 36.3 Å². The van der Waals surface area contributed by atoms with Gasteiger partial charge in [-0.25, -0.2) is 4.79 Å². The van der Waals surface area contributed by atoms with E-state index in [1.54, 1.807) is 13.0 Å². The van der Waals surface area contributed by atoms with Crippen molar-refractivity contribution in [3.63, 3.8) is 0 Å². The van der Waals surface area contributed by atoms with Crippen LogP contribution in [0.3, 0.4) is 0 Å². The molecule has 0 saturated carbocycles. The van der Waals surface area contributed by atoms with Crippen LogP contribution in [0.25, 0.3) is 0 Å². The number of esters is 1. The number of unbranched alkanes of at least 4 members (excludes halogenated alkanes) is 1. The highest BCUT2D eigenvalue weighted by Crippen LogP contribution is 2.26. The zero-order valence-corrected chi connectivity index (χ0v) is 17.9. The molecule has 9 heteroatoms. The molecule has 1 aromatic heterocycles. The molecular weight excluding hydrogens is 396 g/mol. The van der Waals surface area contributed by atoms with Gasteiger partial charge in [0.05, 0.1) is 18.3 Å². The summed E-state index contributed by atoms with van der Waals surface area (Å²) in [4.78, 5) is 23.0. The summed E-state index contributed by atoms with van der Waals surface area (Å²) in [5.74, 6) is 0.585. The van der Waals surface area contributed by atoms with Crippen LogP contribution in [-0.2, 0) is 20.7 Å². The molecule has 1 saturated heterocycles. The maximum absolute atomic E-state index is 12.2. The SMILES string of the molecule is CC(=O)OC[C@H](C)CCCCc1cc(O[C@@H]2O[C@@H](C)[C@H](O)[C@@H](O)[C@H]2O)c(C)c(=O)o1. The molecule has 1 aromatic rings. The number of hydrogen-bond donors (Lipinski definition) is 3.